The van der Waals surface area contributed by atoms with Gasteiger partial charge in [0.25, 0.3) is 0 Å². The smallest absolute Gasteiger partial charge is 0.216 e. The number of halogens is 1. The number of pyridine rings is 1. The number of hydrogen-bond acceptors (Lipinski definition) is 6. The highest BCUT2D eigenvalue weighted by molar-refractivity contribution is 6.30. The van der Waals surface area contributed by atoms with Crippen molar-refractivity contribution < 1.29 is 9.53 Å². The Kier molecular flexibility index (Phi) is 21.5. The molecule has 2 rings (SSSR count). The van der Waals surface area contributed by atoms with Gasteiger partial charge in [-0.2, -0.15) is 0 Å². The molecule has 0 spiro atoms. The molecule has 1 atom stereocenters. The fourth-order valence-corrected chi connectivity index (χ4v) is 3.95. The zero-order valence-electron chi connectivity index (χ0n) is 28.1. The SMILES string of the molecule is CC(=O)NCCNc1nc(C(C=N)=C(C)C)cc(C)c1C=N.CCC#C/C=C\C(C)CC.CCCc1cc(Cl)ccc1OC. The summed E-state index contributed by atoms with van der Waals surface area (Å²) in [6, 6.07) is 7.60. The van der Waals surface area contributed by atoms with Gasteiger partial charge in [0, 0.05) is 55.0 Å². The van der Waals surface area contributed by atoms with E-state index in [-0.39, 0.29) is 5.91 Å². The number of methoxy groups -OCH3 is 1. The number of carbonyl (C=O) groups excluding carboxylic acids is 1. The quantitative estimate of drug-likeness (QED) is 0.108. The summed E-state index contributed by atoms with van der Waals surface area (Å²) < 4.78 is 5.19. The van der Waals surface area contributed by atoms with Gasteiger partial charge in [-0.15, -0.1) is 0 Å². The molecule has 0 fully saturated rings. The van der Waals surface area contributed by atoms with Crippen LogP contribution in [0.5, 0.6) is 5.75 Å². The summed E-state index contributed by atoms with van der Waals surface area (Å²) in [5.41, 5.74) is 5.30. The third-order valence-electron chi connectivity index (χ3n) is 6.35. The van der Waals surface area contributed by atoms with Gasteiger partial charge in [-0.3, -0.25) is 4.79 Å². The fraction of sp³-hybridized carbons (Fsp3) is 0.444. The zero-order valence-corrected chi connectivity index (χ0v) is 28.8. The van der Waals surface area contributed by atoms with Crippen LogP contribution in [-0.2, 0) is 11.2 Å². The lowest BCUT2D eigenvalue weighted by Gasteiger charge is -2.14. The second-order valence-corrected chi connectivity index (χ2v) is 10.8. The predicted molar refractivity (Wildman–Crippen MR) is 190 cm³/mol. The van der Waals surface area contributed by atoms with Gasteiger partial charge in [-0.1, -0.05) is 75.6 Å². The molecule has 1 aromatic carbocycles. The molecule has 1 aromatic heterocycles. The first-order chi connectivity index (χ1) is 21.0. The Morgan fingerprint density at radius 2 is 1.84 bits per heavy atom. The third-order valence-corrected chi connectivity index (χ3v) is 6.59. The molecule has 0 aliphatic carbocycles. The van der Waals surface area contributed by atoms with E-state index >= 15 is 0 Å². The van der Waals surface area contributed by atoms with Gasteiger partial charge in [0.2, 0.25) is 5.91 Å². The van der Waals surface area contributed by atoms with Crippen molar-refractivity contribution in [2.45, 2.75) is 81.1 Å². The van der Waals surface area contributed by atoms with Crippen LogP contribution in [0, 0.1) is 35.5 Å². The van der Waals surface area contributed by atoms with Crippen LogP contribution < -0.4 is 15.4 Å². The van der Waals surface area contributed by atoms with Crippen molar-refractivity contribution >= 4 is 41.3 Å². The molecule has 1 unspecified atom stereocenters. The second-order valence-electron chi connectivity index (χ2n) is 10.3. The van der Waals surface area contributed by atoms with Crippen molar-refractivity contribution in [1.29, 1.82) is 10.8 Å². The lowest BCUT2D eigenvalue weighted by atomic mass is 10.0. The second kappa shape index (κ2) is 23.6. The summed E-state index contributed by atoms with van der Waals surface area (Å²) in [7, 11) is 1.68. The van der Waals surface area contributed by atoms with Gasteiger partial charge in [0.05, 0.1) is 12.8 Å². The number of hydrogen-bond donors (Lipinski definition) is 4. The molecule has 0 aliphatic rings. The van der Waals surface area contributed by atoms with Crippen molar-refractivity contribution in [2.75, 3.05) is 25.5 Å². The predicted octanol–water partition coefficient (Wildman–Crippen LogP) is 8.68. The van der Waals surface area contributed by atoms with Crippen LogP contribution in [0.25, 0.3) is 5.57 Å². The molecule has 1 heterocycles. The van der Waals surface area contributed by atoms with Gasteiger partial charge in [0.1, 0.15) is 11.6 Å². The van der Waals surface area contributed by atoms with E-state index in [1.807, 2.05) is 51.1 Å². The third kappa shape index (κ3) is 16.1. The highest BCUT2D eigenvalue weighted by Crippen LogP contribution is 2.24. The van der Waals surface area contributed by atoms with Crippen LogP contribution in [0.2, 0.25) is 5.02 Å². The molecule has 1 amide bonds. The van der Waals surface area contributed by atoms with E-state index in [4.69, 9.17) is 27.2 Å². The first-order valence-electron chi connectivity index (χ1n) is 15.1. The summed E-state index contributed by atoms with van der Waals surface area (Å²) in [4.78, 5) is 15.4. The Hall–Kier alpha value is -3.89. The minimum atomic E-state index is -0.0809. The van der Waals surface area contributed by atoms with Crippen molar-refractivity contribution in [3.63, 3.8) is 0 Å². The number of rotatable bonds is 12. The molecular formula is C36H52ClN5O2. The largest absolute Gasteiger partial charge is 0.496 e. The molecule has 44 heavy (non-hydrogen) atoms. The van der Waals surface area contributed by atoms with Crippen molar-refractivity contribution in [1.82, 2.24) is 10.3 Å². The van der Waals surface area contributed by atoms with E-state index in [1.54, 1.807) is 7.11 Å². The minimum Gasteiger partial charge on any atom is -0.496 e. The molecule has 0 aliphatic heterocycles. The highest BCUT2D eigenvalue weighted by atomic mass is 35.5. The summed E-state index contributed by atoms with van der Waals surface area (Å²) in [6.07, 6.45) is 10.9. The molecule has 0 saturated heterocycles. The number of amides is 1. The molecule has 240 valence electrons. The number of anilines is 1. The van der Waals surface area contributed by atoms with Gasteiger partial charge >= 0.3 is 0 Å². The lowest BCUT2D eigenvalue weighted by Crippen LogP contribution is -2.26. The number of carbonyl (C=O) groups is 1. The van der Waals surface area contributed by atoms with Crippen LogP contribution in [0.15, 0.2) is 42.0 Å². The van der Waals surface area contributed by atoms with E-state index in [0.717, 1.165) is 46.7 Å². The number of ether oxygens (including phenoxy) is 1. The van der Waals surface area contributed by atoms with E-state index in [2.05, 4.69) is 61.2 Å². The number of benzene rings is 1. The molecule has 2 aromatic rings. The fourth-order valence-electron chi connectivity index (χ4n) is 3.75. The summed E-state index contributed by atoms with van der Waals surface area (Å²) in [6.45, 7) is 16.8. The maximum Gasteiger partial charge on any atom is 0.216 e. The maximum atomic E-state index is 10.9. The number of nitrogens with zero attached hydrogens (tertiary/aromatic N) is 1. The van der Waals surface area contributed by atoms with Crippen LogP contribution in [0.3, 0.4) is 0 Å². The van der Waals surface area contributed by atoms with Crippen LogP contribution in [0.4, 0.5) is 5.82 Å². The normalized spacial score (nSPS) is 10.5. The van der Waals surface area contributed by atoms with Crippen LogP contribution in [-0.4, -0.2) is 43.5 Å². The molecule has 4 N–H and O–H groups in total. The number of nitrogens with one attached hydrogen (secondary N) is 4. The Morgan fingerprint density at radius 3 is 2.36 bits per heavy atom. The average Bonchev–Trinajstić information content (AvgIpc) is 2.98. The number of aryl methyl sites for hydroxylation is 2. The minimum absolute atomic E-state index is 0.0809. The van der Waals surface area contributed by atoms with E-state index < -0.39 is 0 Å². The molecule has 0 saturated carbocycles. The van der Waals surface area contributed by atoms with E-state index in [9.17, 15) is 4.79 Å². The Balaban J connectivity index is 0.000000705. The van der Waals surface area contributed by atoms with Crippen molar-refractivity contribution in [3.8, 4) is 17.6 Å². The molecule has 0 bridgehead atoms. The summed E-state index contributed by atoms with van der Waals surface area (Å²) in [5, 5.41) is 21.7. The summed E-state index contributed by atoms with van der Waals surface area (Å²) >= 11 is 5.85. The van der Waals surface area contributed by atoms with Gasteiger partial charge in [-0.05, 0) is 74.6 Å². The Morgan fingerprint density at radius 1 is 1.14 bits per heavy atom. The highest BCUT2D eigenvalue weighted by Gasteiger charge is 2.11. The number of aromatic nitrogens is 1. The number of allylic oxidation sites excluding steroid dienone is 4. The average molecular weight is 622 g/mol. The van der Waals surface area contributed by atoms with Crippen molar-refractivity contribution in [2.24, 2.45) is 5.92 Å². The zero-order chi connectivity index (χ0) is 33.5. The van der Waals surface area contributed by atoms with Gasteiger partial charge < -0.3 is 26.2 Å². The van der Waals surface area contributed by atoms with Crippen LogP contribution >= 0.6 is 11.6 Å². The van der Waals surface area contributed by atoms with Gasteiger partial charge in [-0.25, -0.2) is 4.98 Å². The first kappa shape index (κ1) is 40.1. The lowest BCUT2D eigenvalue weighted by molar-refractivity contribution is -0.118. The monoisotopic (exact) mass is 621 g/mol. The first-order valence-corrected chi connectivity index (χ1v) is 15.5. The standard InChI is InChI=1S/C16H23N5O.C10H13ClO.C10H16/c1-10(2)13(8-17)15-7-11(3)14(9-18)16(21-15)20-6-5-19-12(4)22;1-3-4-8-7-9(11)5-6-10(8)12-2;1-4-6-7-8-9-10(3)5-2/h7-9,17-18H,5-6H2,1-4H3,(H,19,22)(H,20,21);5-7H,3-4H2,1-2H3;8-10H,4-5H2,1-3H3/b;;9-8-. The topological polar surface area (TPSA) is 111 Å². The molecular weight excluding hydrogens is 570 g/mol. The van der Waals surface area contributed by atoms with E-state index in [1.165, 1.54) is 31.3 Å². The molecule has 8 heteroatoms. The van der Waals surface area contributed by atoms with Crippen LogP contribution in [0.1, 0.15) is 90.1 Å². The summed E-state index contributed by atoms with van der Waals surface area (Å²) in [5.74, 6) is 8.08. The molecule has 7 nitrogen and oxygen atoms in total. The van der Waals surface area contributed by atoms with Crippen molar-refractivity contribution in [3.05, 3.63) is 69.4 Å². The Bertz CT molecular complexity index is 1320. The van der Waals surface area contributed by atoms with Gasteiger partial charge in [0.15, 0.2) is 0 Å². The Labute approximate surface area is 271 Å². The van der Waals surface area contributed by atoms with E-state index in [0.29, 0.717) is 36.1 Å². The molecule has 0 radical (unpaired) electrons. The maximum absolute atomic E-state index is 10.9.